The lowest BCUT2D eigenvalue weighted by Crippen LogP contribution is -2.22. The van der Waals surface area contributed by atoms with Crippen molar-refractivity contribution in [2.24, 2.45) is 0 Å². The number of aryl methyl sites for hydroxylation is 1. The number of amides is 1. The third kappa shape index (κ3) is 1.02. The third-order valence-electron chi connectivity index (χ3n) is 1.47. The van der Waals surface area contributed by atoms with Crippen LogP contribution in [0.15, 0.2) is 0 Å². The number of hydrogen-bond donors (Lipinski definition) is 1. The van der Waals surface area contributed by atoms with E-state index in [1.807, 2.05) is 0 Å². The van der Waals surface area contributed by atoms with Gasteiger partial charge in [0, 0.05) is 12.8 Å². The molecule has 2 heterocycles. The normalized spacial score (nSPS) is 15.5. The number of aromatic nitrogens is 4. The predicted molar refractivity (Wildman–Crippen MR) is 34.6 cm³/mol. The molecule has 0 radical (unpaired) electrons. The first kappa shape index (κ1) is 6.14. The molecule has 0 saturated heterocycles. The maximum Gasteiger partial charge on any atom is 0.226 e. The van der Waals surface area contributed by atoms with Crippen molar-refractivity contribution in [1.29, 1.82) is 0 Å². The highest BCUT2D eigenvalue weighted by atomic mass is 16.1. The quantitative estimate of drug-likeness (QED) is 0.522. The second-order valence-corrected chi connectivity index (χ2v) is 2.22. The number of carbonyl (C=O) groups is 1. The Morgan fingerprint density at radius 2 is 2.00 bits per heavy atom. The zero-order chi connectivity index (χ0) is 7.68. The molecule has 56 valence electrons. The lowest BCUT2D eigenvalue weighted by molar-refractivity contribution is -0.116. The van der Waals surface area contributed by atoms with E-state index in [0.717, 1.165) is 0 Å². The van der Waals surface area contributed by atoms with Gasteiger partial charge in [0.15, 0.2) is 5.82 Å². The molecule has 6 nitrogen and oxygen atoms in total. The number of carbonyl (C=O) groups excluding carboxylic acids is 1. The molecule has 0 atom stereocenters. The average Bonchev–Trinajstić information content (AvgIpc) is 2.04. The molecule has 1 amide bonds. The van der Waals surface area contributed by atoms with Gasteiger partial charge in [-0.15, -0.1) is 10.2 Å². The first-order valence-corrected chi connectivity index (χ1v) is 3.21. The lowest BCUT2D eigenvalue weighted by atomic mass is 10.2. The van der Waals surface area contributed by atoms with E-state index in [1.54, 1.807) is 0 Å². The fourth-order valence-electron chi connectivity index (χ4n) is 0.936. The van der Waals surface area contributed by atoms with Crippen molar-refractivity contribution >= 4 is 11.7 Å². The Hall–Kier alpha value is -1.59. The van der Waals surface area contributed by atoms with Crippen LogP contribution in [0, 0.1) is 0 Å². The van der Waals surface area contributed by atoms with Gasteiger partial charge in [0.25, 0.3) is 0 Å². The molecule has 2 rings (SSSR count). The van der Waals surface area contributed by atoms with Gasteiger partial charge in [-0.25, -0.2) is 0 Å². The highest BCUT2D eigenvalue weighted by Gasteiger charge is 2.16. The largest absolute Gasteiger partial charge is 0.308 e. The molecule has 1 aromatic heterocycles. The van der Waals surface area contributed by atoms with E-state index < -0.39 is 0 Å². The molecule has 0 spiro atoms. The highest BCUT2D eigenvalue weighted by molar-refractivity contribution is 5.92. The van der Waals surface area contributed by atoms with Crippen LogP contribution in [-0.2, 0) is 11.2 Å². The summed E-state index contributed by atoms with van der Waals surface area (Å²) in [7, 11) is 0. The summed E-state index contributed by atoms with van der Waals surface area (Å²) in [5.41, 5.74) is 0.708. The van der Waals surface area contributed by atoms with Crippen LogP contribution in [0.4, 0.5) is 5.82 Å². The average molecular weight is 151 g/mol. The maximum atomic E-state index is 10.8. The summed E-state index contributed by atoms with van der Waals surface area (Å²) in [5, 5.41) is 16.5. The minimum atomic E-state index is -0.0419. The van der Waals surface area contributed by atoms with Gasteiger partial charge in [-0.05, 0) is 10.4 Å². The third-order valence-corrected chi connectivity index (χ3v) is 1.47. The molecule has 0 aromatic carbocycles. The molecule has 1 aliphatic heterocycles. The SMILES string of the molecule is O=C1CCc2nnnnc2N1. The smallest absolute Gasteiger partial charge is 0.226 e. The van der Waals surface area contributed by atoms with E-state index in [-0.39, 0.29) is 5.91 Å². The summed E-state index contributed by atoms with van der Waals surface area (Å²) in [5.74, 6) is 0.399. The molecule has 11 heavy (non-hydrogen) atoms. The van der Waals surface area contributed by atoms with Crippen molar-refractivity contribution < 1.29 is 4.79 Å². The zero-order valence-corrected chi connectivity index (χ0v) is 5.61. The summed E-state index contributed by atoms with van der Waals surface area (Å²) in [6, 6.07) is 0. The molecule has 6 heteroatoms. The fraction of sp³-hybridized carbons (Fsp3) is 0.400. The minimum Gasteiger partial charge on any atom is -0.308 e. The monoisotopic (exact) mass is 151 g/mol. The first-order chi connectivity index (χ1) is 5.36. The molecule has 0 saturated carbocycles. The van der Waals surface area contributed by atoms with Gasteiger partial charge in [-0.1, -0.05) is 0 Å². The molecule has 0 fully saturated rings. The van der Waals surface area contributed by atoms with Crippen LogP contribution >= 0.6 is 0 Å². The number of nitrogens with zero attached hydrogens (tertiary/aromatic N) is 4. The van der Waals surface area contributed by atoms with E-state index >= 15 is 0 Å². The van der Waals surface area contributed by atoms with Crippen molar-refractivity contribution in [1.82, 2.24) is 20.6 Å². The Morgan fingerprint density at radius 1 is 1.18 bits per heavy atom. The van der Waals surface area contributed by atoms with Crippen LogP contribution in [0.1, 0.15) is 12.1 Å². The Kier molecular flexibility index (Phi) is 1.24. The van der Waals surface area contributed by atoms with E-state index in [1.165, 1.54) is 0 Å². The Morgan fingerprint density at radius 3 is 2.91 bits per heavy atom. The van der Waals surface area contributed by atoms with Crippen molar-refractivity contribution in [3.05, 3.63) is 5.69 Å². The van der Waals surface area contributed by atoms with E-state index in [2.05, 4.69) is 25.9 Å². The Bertz CT molecular complexity index is 299. The van der Waals surface area contributed by atoms with Crippen LogP contribution in [-0.4, -0.2) is 26.5 Å². The second-order valence-electron chi connectivity index (χ2n) is 2.22. The Labute approximate surface area is 62.0 Å². The molecule has 1 N–H and O–H groups in total. The van der Waals surface area contributed by atoms with Gasteiger partial charge in [-0.2, -0.15) is 0 Å². The van der Waals surface area contributed by atoms with Gasteiger partial charge in [0.1, 0.15) is 5.69 Å². The minimum absolute atomic E-state index is 0.0419. The summed E-state index contributed by atoms with van der Waals surface area (Å²) >= 11 is 0. The van der Waals surface area contributed by atoms with Crippen molar-refractivity contribution in [3.8, 4) is 0 Å². The van der Waals surface area contributed by atoms with Crippen LogP contribution in [0.5, 0.6) is 0 Å². The van der Waals surface area contributed by atoms with E-state index in [9.17, 15) is 4.79 Å². The van der Waals surface area contributed by atoms with Crippen LogP contribution < -0.4 is 5.32 Å². The first-order valence-electron chi connectivity index (χ1n) is 3.21. The summed E-state index contributed by atoms with van der Waals surface area (Å²) in [6.45, 7) is 0. The maximum absolute atomic E-state index is 10.8. The number of rotatable bonds is 0. The number of fused-ring (bicyclic) bond motifs is 1. The van der Waals surface area contributed by atoms with Crippen molar-refractivity contribution in [2.45, 2.75) is 12.8 Å². The van der Waals surface area contributed by atoms with Crippen LogP contribution in [0.2, 0.25) is 0 Å². The second kappa shape index (κ2) is 2.22. The zero-order valence-electron chi connectivity index (χ0n) is 5.61. The van der Waals surface area contributed by atoms with Gasteiger partial charge in [0.05, 0.1) is 0 Å². The van der Waals surface area contributed by atoms with E-state index in [0.29, 0.717) is 24.4 Å². The van der Waals surface area contributed by atoms with Gasteiger partial charge < -0.3 is 5.32 Å². The molecule has 0 unspecified atom stereocenters. The standard InChI is InChI=1S/C5H5N5O/c11-4-2-1-3-5(6-4)8-10-9-7-3/h1-2H2,(H,6,8,9,11). The lowest BCUT2D eigenvalue weighted by Gasteiger charge is -2.10. The molecule has 1 aliphatic rings. The molecule has 0 aliphatic carbocycles. The number of nitrogens with one attached hydrogen (secondary N) is 1. The van der Waals surface area contributed by atoms with E-state index in [4.69, 9.17) is 0 Å². The molecule has 0 bridgehead atoms. The number of hydrogen-bond acceptors (Lipinski definition) is 5. The Balaban J connectivity index is 2.41. The van der Waals surface area contributed by atoms with Gasteiger partial charge >= 0.3 is 0 Å². The number of anilines is 1. The highest BCUT2D eigenvalue weighted by Crippen LogP contribution is 2.14. The summed E-state index contributed by atoms with van der Waals surface area (Å²) < 4.78 is 0. The van der Waals surface area contributed by atoms with Crippen molar-refractivity contribution in [2.75, 3.05) is 5.32 Å². The summed E-state index contributed by atoms with van der Waals surface area (Å²) in [4.78, 5) is 10.8. The summed E-state index contributed by atoms with van der Waals surface area (Å²) in [6.07, 6.45) is 1.05. The van der Waals surface area contributed by atoms with Crippen LogP contribution in [0.25, 0.3) is 0 Å². The van der Waals surface area contributed by atoms with Crippen LogP contribution in [0.3, 0.4) is 0 Å². The predicted octanol–water partition coefficient (Wildman–Crippen LogP) is -0.849. The topological polar surface area (TPSA) is 80.7 Å². The van der Waals surface area contributed by atoms with Gasteiger partial charge in [0.2, 0.25) is 5.91 Å². The van der Waals surface area contributed by atoms with Gasteiger partial charge in [-0.3, -0.25) is 4.79 Å². The molecular weight excluding hydrogens is 146 g/mol. The van der Waals surface area contributed by atoms with Crippen molar-refractivity contribution in [3.63, 3.8) is 0 Å². The molecule has 1 aromatic rings. The fourth-order valence-corrected chi connectivity index (χ4v) is 0.936. The molecular formula is C5H5N5O.